The molecule has 0 radical (unpaired) electrons. The summed E-state index contributed by atoms with van der Waals surface area (Å²) in [6.45, 7) is 14.1. The minimum absolute atomic E-state index is 0.00200. The van der Waals surface area contributed by atoms with Crippen molar-refractivity contribution in [1.29, 1.82) is 0 Å². The molecule has 3 aliphatic carbocycles. The van der Waals surface area contributed by atoms with E-state index in [1.165, 1.54) is 25.7 Å². The Bertz CT molecular complexity index is 480. The zero-order valence-electron chi connectivity index (χ0n) is 17.1. The molecular formula is C22H38O3. The molecule has 0 aromatic rings. The van der Waals surface area contributed by atoms with Gasteiger partial charge in [0.1, 0.15) is 0 Å². The molecule has 0 amide bonds. The summed E-state index contributed by atoms with van der Waals surface area (Å²) < 4.78 is 11.1. The number of rotatable bonds is 6. The van der Waals surface area contributed by atoms with E-state index < -0.39 is 0 Å². The highest BCUT2D eigenvalue weighted by Crippen LogP contribution is 2.67. The maximum absolute atomic E-state index is 12.8. The smallest absolute Gasteiger partial charge is 0.311 e. The molecule has 3 fully saturated rings. The van der Waals surface area contributed by atoms with Crippen molar-refractivity contribution >= 4 is 5.97 Å². The molecule has 25 heavy (non-hydrogen) atoms. The molecular weight excluding hydrogens is 312 g/mol. The third-order valence-electron chi connectivity index (χ3n) is 7.52. The van der Waals surface area contributed by atoms with Crippen molar-refractivity contribution in [2.45, 2.75) is 67.2 Å². The predicted octanol–water partition coefficient (Wildman–Crippen LogP) is 5.14. The molecule has 2 bridgehead atoms. The summed E-state index contributed by atoms with van der Waals surface area (Å²) >= 11 is 0. The summed E-state index contributed by atoms with van der Waals surface area (Å²) in [6, 6.07) is 0. The predicted molar refractivity (Wildman–Crippen MR) is 99.8 cm³/mol. The first-order valence-corrected chi connectivity index (χ1v) is 10.5. The van der Waals surface area contributed by atoms with Gasteiger partial charge in [0.25, 0.3) is 0 Å². The van der Waals surface area contributed by atoms with E-state index in [1.54, 1.807) is 0 Å². The molecule has 0 aliphatic heterocycles. The van der Waals surface area contributed by atoms with Crippen LogP contribution < -0.4 is 0 Å². The van der Waals surface area contributed by atoms with Crippen LogP contribution in [0.2, 0.25) is 0 Å². The zero-order valence-corrected chi connectivity index (χ0v) is 17.1. The van der Waals surface area contributed by atoms with E-state index in [9.17, 15) is 4.79 Å². The Labute approximate surface area is 154 Å². The van der Waals surface area contributed by atoms with Crippen LogP contribution in [0.1, 0.15) is 67.2 Å². The standard InChI is InChI=1S/C22H38O3/c1-7-14-9-15(8-2)20-17-10-16(19(14)20)13(3)18(17)21(23)25-12-24-11-22(4,5)6/h13-20H,7-12H2,1-6H3. The van der Waals surface area contributed by atoms with Crippen LogP contribution in [0.15, 0.2) is 0 Å². The summed E-state index contributed by atoms with van der Waals surface area (Å²) in [5.41, 5.74) is 0.104. The number of ether oxygens (including phenoxy) is 2. The van der Waals surface area contributed by atoms with Gasteiger partial charge in [-0.1, -0.05) is 54.4 Å². The highest BCUT2D eigenvalue weighted by molar-refractivity contribution is 5.74. The van der Waals surface area contributed by atoms with Crippen LogP contribution in [0.25, 0.3) is 0 Å². The SMILES string of the molecule is CCC1CC(CC)C2C3CC(C(C)C3C(=O)OCOCC(C)(C)C)C12. The average molecular weight is 351 g/mol. The summed E-state index contributed by atoms with van der Waals surface area (Å²) in [7, 11) is 0. The van der Waals surface area contributed by atoms with Crippen molar-refractivity contribution in [3.8, 4) is 0 Å². The van der Waals surface area contributed by atoms with Crippen LogP contribution in [-0.2, 0) is 14.3 Å². The molecule has 0 N–H and O–H groups in total. The first-order valence-electron chi connectivity index (χ1n) is 10.5. The Hall–Kier alpha value is -0.570. The van der Waals surface area contributed by atoms with E-state index in [0.717, 1.165) is 29.6 Å². The summed E-state index contributed by atoms with van der Waals surface area (Å²) in [5, 5.41) is 0. The van der Waals surface area contributed by atoms with Crippen LogP contribution in [0.5, 0.6) is 0 Å². The Morgan fingerprint density at radius 1 is 1.00 bits per heavy atom. The van der Waals surface area contributed by atoms with E-state index in [0.29, 0.717) is 18.4 Å². The molecule has 3 rings (SSSR count). The van der Waals surface area contributed by atoms with Gasteiger partial charge in [0.2, 0.25) is 0 Å². The van der Waals surface area contributed by atoms with E-state index in [1.807, 2.05) is 0 Å². The molecule has 8 unspecified atom stereocenters. The molecule has 0 spiro atoms. The number of hydrogen-bond donors (Lipinski definition) is 0. The van der Waals surface area contributed by atoms with Gasteiger partial charge in [-0.05, 0) is 59.7 Å². The van der Waals surface area contributed by atoms with Crippen LogP contribution >= 0.6 is 0 Å². The second-order valence-corrected chi connectivity index (χ2v) is 10.2. The monoisotopic (exact) mass is 350 g/mol. The molecule has 144 valence electrons. The number of carbonyl (C=O) groups is 1. The number of fused-ring (bicyclic) bond motifs is 5. The van der Waals surface area contributed by atoms with Crippen molar-refractivity contribution in [3.63, 3.8) is 0 Å². The second-order valence-electron chi connectivity index (χ2n) is 10.2. The fraction of sp³-hybridized carbons (Fsp3) is 0.955. The van der Waals surface area contributed by atoms with E-state index in [4.69, 9.17) is 9.47 Å². The minimum Gasteiger partial charge on any atom is -0.438 e. The van der Waals surface area contributed by atoms with Gasteiger partial charge in [-0.25, -0.2) is 0 Å². The quantitative estimate of drug-likeness (QED) is 0.378. The summed E-state index contributed by atoms with van der Waals surface area (Å²) in [5.74, 6) is 5.23. The largest absolute Gasteiger partial charge is 0.438 e. The minimum atomic E-state index is 0.00200. The molecule has 3 saturated carbocycles. The molecule has 8 atom stereocenters. The van der Waals surface area contributed by atoms with E-state index in [2.05, 4.69) is 41.5 Å². The molecule has 0 aromatic heterocycles. The lowest BCUT2D eigenvalue weighted by atomic mass is 9.66. The van der Waals surface area contributed by atoms with Gasteiger partial charge in [0.15, 0.2) is 6.79 Å². The lowest BCUT2D eigenvalue weighted by Crippen LogP contribution is -2.39. The summed E-state index contributed by atoms with van der Waals surface area (Å²) in [4.78, 5) is 12.8. The fourth-order valence-electron chi connectivity index (χ4n) is 6.65. The van der Waals surface area contributed by atoms with E-state index >= 15 is 0 Å². The van der Waals surface area contributed by atoms with Crippen LogP contribution in [0, 0.1) is 52.8 Å². The highest BCUT2D eigenvalue weighted by Gasteiger charge is 2.64. The number of esters is 1. The number of carbonyl (C=O) groups excluding carboxylic acids is 1. The average Bonchev–Trinajstić information content (AvgIpc) is 3.18. The molecule has 3 nitrogen and oxygen atoms in total. The maximum atomic E-state index is 12.8. The fourth-order valence-corrected chi connectivity index (χ4v) is 6.65. The van der Waals surface area contributed by atoms with Crippen LogP contribution in [0.4, 0.5) is 0 Å². The number of hydrogen-bond acceptors (Lipinski definition) is 3. The lowest BCUT2D eigenvalue weighted by molar-refractivity contribution is -0.168. The molecule has 0 heterocycles. The van der Waals surface area contributed by atoms with E-state index in [-0.39, 0.29) is 24.1 Å². The Balaban J connectivity index is 1.62. The Morgan fingerprint density at radius 3 is 2.16 bits per heavy atom. The lowest BCUT2D eigenvalue weighted by Gasteiger charge is -2.38. The zero-order chi connectivity index (χ0) is 18.4. The molecule has 3 aliphatic rings. The molecule has 0 aromatic carbocycles. The van der Waals surface area contributed by atoms with Gasteiger partial charge >= 0.3 is 5.97 Å². The topological polar surface area (TPSA) is 35.5 Å². The normalized spacial score (nSPS) is 42.6. The second kappa shape index (κ2) is 7.21. The van der Waals surface area contributed by atoms with Crippen molar-refractivity contribution in [2.75, 3.05) is 13.4 Å². The Morgan fingerprint density at radius 2 is 1.60 bits per heavy atom. The van der Waals surface area contributed by atoms with Crippen LogP contribution in [0.3, 0.4) is 0 Å². The summed E-state index contributed by atoms with van der Waals surface area (Å²) in [6.07, 6.45) is 5.22. The van der Waals surface area contributed by atoms with Gasteiger partial charge in [-0.2, -0.15) is 0 Å². The van der Waals surface area contributed by atoms with Crippen molar-refractivity contribution in [1.82, 2.24) is 0 Å². The van der Waals surface area contributed by atoms with Gasteiger partial charge in [0, 0.05) is 0 Å². The van der Waals surface area contributed by atoms with Crippen molar-refractivity contribution in [3.05, 3.63) is 0 Å². The molecule has 0 saturated heterocycles. The highest BCUT2D eigenvalue weighted by atomic mass is 16.7. The van der Waals surface area contributed by atoms with Gasteiger partial charge in [0.05, 0.1) is 12.5 Å². The Kier molecular flexibility index (Phi) is 5.54. The van der Waals surface area contributed by atoms with Gasteiger partial charge < -0.3 is 9.47 Å². The third-order valence-corrected chi connectivity index (χ3v) is 7.52. The third kappa shape index (κ3) is 3.50. The maximum Gasteiger partial charge on any atom is 0.311 e. The van der Waals surface area contributed by atoms with Crippen molar-refractivity contribution < 1.29 is 14.3 Å². The first-order chi connectivity index (χ1) is 11.8. The van der Waals surface area contributed by atoms with Crippen LogP contribution in [-0.4, -0.2) is 19.4 Å². The van der Waals surface area contributed by atoms with Gasteiger partial charge in [-0.15, -0.1) is 0 Å². The van der Waals surface area contributed by atoms with Gasteiger partial charge in [-0.3, -0.25) is 4.79 Å². The van der Waals surface area contributed by atoms with Crippen molar-refractivity contribution in [2.24, 2.45) is 52.8 Å². The first kappa shape index (κ1) is 19.2. The molecule has 3 heteroatoms.